The van der Waals surface area contributed by atoms with E-state index >= 15 is 0 Å². The predicted molar refractivity (Wildman–Crippen MR) is 465 cm³/mol. The van der Waals surface area contributed by atoms with Crippen molar-refractivity contribution in [1.82, 2.24) is 44.9 Å². The second-order valence-corrected chi connectivity index (χ2v) is 27.1. The van der Waals surface area contributed by atoms with Crippen molar-refractivity contribution in [3.05, 3.63) is 390 Å². The van der Waals surface area contributed by atoms with E-state index in [0.717, 1.165) is 53.7 Å². The number of halogens is 9. The molecule has 6 aromatic heterocycles. The van der Waals surface area contributed by atoms with Crippen molar-refractivity contribution in [2.45, 2.75) is 33.1 Å². The molecule has 5 amide bonds. The molecule has 15 aromatic rings. The standard InChI is InChI=1S/C20H15F3N2O2.C20H12N4O2.C19H14F3N3O2.C18H12ClFN2O2.C18H15FN4O3/c1-13-4-2-5-14(8-13)19(26)25-16-6-3-7-17(10-16)27-18-9-15(11-24-12-18)20(21,22)23;1-2-14-4-3-5-16(6-14)20(25)24-17-7-15(10-21)8-18(9-17)26-19-11-22-13-23-12-19;1-12-3-2-4-13(5-12)18(26)25-15-6-14(19(20,21)22)7-16(8-15)27-17-9-23-11-24-10-17;19-12-6-7-17(20)16(9-12)18(23)22-13-3-1-4-14(10-13)24-15-5-2-8-21-11-15;1-2-25-14-3-4-22-17(8-14)18(24)23-13-5-12(19)6-15(7-13)26-16-9-20-11-21-10-16/h2-12H,1H3,(H,25,26);1,3-9,11-13H,(H,24,25);2-11H,1H3,(H,25,26);1-11H,(H,22,23);3-11H,2H2,1H3,(H,23,24)/i;;;;2D2. The molecule has 0 aliphatic carbocycles. The van der Waals surface area contributed by atoms with Crippen molar-refractivity contribution >= 4 is 69.6 Å². The lowest BCUT2D eigenvalue weighted by molar-refractivity contribution is -0.138. The van der Waals surface area contributed by atoms with Crippen molar-refractivity contribution in [2.75, 3.05) is 33.1 Å². The van der Waals surface area contributed by atoms with E-state index in [9.17, 15) is 64.4 Å². The molecule has 130 heavy (non-hydrogen) atoms. The van der Waals surface area contributed by atoms with Crippen LogP contribution in [0.5, 0.6) is 63.2 Å². The van der Waals surface area contributed by atoms with Crippen molar-refractivity contribution in [2.24, 2.45) is 0 Å². The van der Waals surface area contributed by atoms with Gasteiger partial charge in [0, 0.05) is 117 Å². The van der Waals surface area contributed by atoms with Gasteiger partial charge < -0.3 is 55.0 Å². The van der Waals surface area contributed by atoms with Crippen LogP contribution in [0.2, 0.25) is 5.02 Å². The lowest BCUT2D eigenvalue weighted by atomic mass is 10.1. The van der Waals surface area contributed by atoms with Crippen LogP contribution in [0.1, 0.15) is 95.0 Å². The third-order valence-corrected chi connectivity index (χ3v) is 17.0. The molecule has 0 bridgehead atoms. The number of anilines is 5. The van der Waals surface area contributed by atoms with Crippen molar-refractivity contribution in [1.29, 1.82) is 5.26 Å². The van der Waals surface area contributed by atoms with Gasteiger partial charge in [-0.15, -0.1) is 6.42 Å². The van der Waals surface area contributed by atoms with Gasteiger partial charge in [0.15, 0.2) is 17.2 Å². The number of carbonyl (C=O) groups is 5. The molecule has 0 atom stereocenters. The number of nitrogens with one attached hydrogen (secondary N) is 5. The van der Waals surface area contributed by atoms with Crippen LogP contribution < -0.4 is 55.0 Å². The average molecular weight is 1790 g/mol. The SMILES string of the molecule is C#Cc1cccc(C(=O)Nc2cc(C#N)cc(Oc3cncnc3)c2)c1.Cc1cccc(C(=O)Nc2cc(Oc3cncnc3)cc(C(F)(F)F)c2)c1.Cc1cccc(C(=O)Nc2cccc(Oc3cncc(C(F)(F)F)c3)c2)c1.O=C(Nc1cccc(Oc2cccnc2)c1)c1cc(Cl)ccc1F.[2H]C([2H])(C)Oc1ccnc(C(=O)Nc2cc(F)cc(Oc3cncnc3)c2)c1. The summed E-state index contributed by atoms with van der Waals surface area (Å²) < 4.78 is 153. The number of ether oxygens (including phenoxy) is 6. The van der Waals surface area contributed by atoms with Crippen LogP contribution in [0.3, 0.4) is 0 Å². The zero-order valence-corrected chi connectivity index (χ0v) is 68.6. The second kappa shape index (κ2) is 45.3. The average Bonchev–Trinajstić information content (AvgIpc) is 0.810. The summed E-state index contributed by atoms with van der Waals surface area (Å²) in [5, 5.41) is 22.6. The number of pyridine rings is 3. The first kappa shape index (κ1) is 90.3. The largest absolute Gasteiger partial charge is 0.494 e. The number of nitrogens with zero attached hydrogens (tertiary/aromatic N) is 10. The Kier molecular flexibility index (Phi) is 31.5. The number of hydrogen-bond acceptors (Lipinski definition) is 21. The smallest absolute Gasteiger partial charge is 0.418 e. The van der Waals surface area contributed by atoms with E-state index in [1.807, 2.05) is 32.0 Å². The minimum atomic E-state index is -4.60. The number of benzene rings is 9. The summed E-state index contributed by atoms with van der Waals surface area (Å²) in [6, 6.07) is 58.1. The second-order valence-electron chi connectivity index (χ2n) is 26.7. The first-order valence-electron chi connectivity index (χ1n) is 38.9. The highest BCUT2D eigenvalue weighted by Crippen LogP contribution is 2.38. The number of aromatic nitrogens is 9. The van der Waals surface area contributed by atoms with Crippen molar-refractivity contribution in [3.63, 3.8) is 0 Å². The quantitative estimate of drug-likeness (QED) is 0.0311. The van der Waals surface area contributed by atoms with E-state index in [0.29, 0.717) is 73.6 Å². The highest BCUT2D eigenvalue weighted by molar-refractivity contribution is 6.31. The summed E-state index contributed by atoms with van der Waals surface area (Å²) in [6.45, 7) is 3.02. The number of nitriles is 1. The van der Waals surface area contributed by atoms with E-state index in [2.05, 4.69) is 77.4 Å². The summed E-state index contributed by atoms with van der Waals surface area (Å²) in [5.74, 6) is 1.65. The Balaban J connectivity index is 0.000000159. The van der Waals surface area contributed by atoms with Gasteiger partial charge in [0.25, 0.3) is 29.5 Å². The Morgan fingerprint density at radius 3 is 1.38 bits per heavy atom. The predicted octanol–water partition coefficient (Wildman–Crippen LogP) is 22.0. The number of terminal acetylenes is 1. The Bertz CT molecular complexity index is 6680. The van der Waals surface area contributed by atoms with Crippen LogP contribution >= 0.6 is 11.6 Å². The molecule has 15 rings (SSSR count). The Morgan fingerprint density at radius 2 is 0.854 bits per heavy atom. The highest BCUT2D eigenvalue weighted by Gasteiger charge is 2.33. The maximum atomic E-state index is 13.9. The molecule has 0 saturated carbocycles. The van der Waals surface area contributed by atoms with E-state index in [1.165, 1.54) is 118 Å². The van der Waals surface area contributed by atoms with Gasteiger partial charge in [-0.3, -0.25) is 38.9 Å². The van der Waals surface area contributed by atoms with Gasteiger partial charge in [-0.2, -0.15) is 31.6 Å². The van der Waals surface area contributed by atoms with Crippen LogP contribution in [-0.4, -0.2) is 81.0 Å². The molecule has 0 fully saturated rings. The molecular formula is C95H68ClF8N15O11. The Labute approximate surface area is 743 Å². The molecule has 6 heterocycles. The van der Waals surface area contributed by atoms with E-state index in [-0.39, 0.29) is 74.0 Å². The fourth-order valence-corrected chi connectivity index (χ4v) is 11.3. The molecule has 0 aliphatic rings. The fraction of sp³-hybridized carbons (Fsp3) is 0.0632. The molecule has 0 unspecified atom stereocenters. The molecule has 9 aromatic carbocycles. The molecule has 652 valence electrons. The lowest BCUT2D eigenvalue weighted by Gasteiger charge is -2.13. The van der Waals surface area contributed by atoms with Crippen LogP contribution in [0.25, 0.3) is 0 Å². The topological polar surface area (TPSA) is 341 Å². The van der Waals surface area contributed by atoms with Crippen molar-refractivity contribution < 1.29 is 90.3 Å². The number of carbonyl (C=O) groups excluding carboxylic acids is 5. The third kappa shape index (κ3) is 29.4. The van der Waals surface area contributed by atoms with Crippen LogP contribution in [-0.2, 0) is 12.4 Å². The fourth-order valence-electron chi connectivity index (χ4n) is 11.1. The number of hydrogen-bond donors (Lipinski definition) is 5. The van der Waals surface area contributed by atoms with Gasteiger partial charge in [-0.05, 0) is 160 Å². The first-order chi connectivity index (χ1) is 63.2. The summed E-state index contributed by atoms with van der Waals surface area (Å²) >= 11 is 5.81. The molecule has 0 spiro atoms. The number of aryl methyl sites for hydroxylation is 2. The van der Waals surface area contributed by atoms with Gasteiger partial charge >= 0.3 is 12.4 Å². The van der Waals surface area contributed by atoms with E-state index in [4.69, 9.17) is 49.2 Å². The minimum Gasteiger partial charge on any atom is -0.494 e. The molecule has 0 aliphatic heterocycles. The van der Waals surface area contributed by atoms with Gasteiger partial charge in [-0.1, -0.05) is 71.1 Å². The van der Waals surface area contributed by atoms with Gasteiger partial charge in [-0.25, -0.2) is 38.7 Å². The van der Waals surface area contributed by atoms with E-state index in [1.54, 1.807) is 146 Å². The zero-order valence-electron chi connectivity index (χ0n) is 69.9. The molecule has 0 radical (unpaired) electrons. The van der Waals surface area contributed by atoms with Crippen LogP contribution in [0, 0.1) is 49.2 Å². The Morgan fingerprint density at radius 1 is 0.400 bits per heavy atom. The summed E-state index contributed by atoms with van der Waals surface area (Å²) in [5.41, 5.74) is 3.49. The number of amides is 5. The summed E-state index contributed by atoms with van der Waals surface area (Å²) in [6.07, 6.45) is 15.1. The lowest BCUT2D eigenvalue weighted by Crippen LogP contribution is -2.14. The normalized spacial score (nSPS) is 10.8. The zero-order chi connectivity index (χ0) is 94.3. The molecule has 35 heteroatoms. The van der Waals surface area contributed by atoms with Gasteiger partial charge in [0.1, 0.15) is 82.3 Å². The first-order valence-corrected chi connectivity index (χ1v) is 38.3. The summed E-state index contributed by atoms with van der Waals surface area (Å²) in [4.78, 5) is 95.9. The number of rotatable bonds is 22. The number of alkyl halides is 6. The van der Waals surface area contributed by atoms with Crippen LogP contribution in [0.4, 0.5) is 63.6 Å². The van der Waals surface area contributed by atoms with Crippen LogP contribution in [0.15, 0.2) is 312 Å². The molecular weight excluding hydrogens is 1710 g/mol. The third-order valence-electron chi connectivity index (χ3n) is 16.8. The molecule has 0 saturated heterocycles. The monoisotopic (exact) mass is 1780 g/mol. The van der Waals surface area contributed by atoms with Gasteiger partial charge in [0.2, 0.25) is 0 Å². The molecule has 26 nitrogen and oxygen atoms in total. The van der Waals surface area contributed by atoms with Gasteiger partial charge in [0.05, 0.1) is 87.2 Å². The maximum absolute atomic E-state index is 13.9. The van der Waals surface area contributed by atoms with Crippen molar-refractivity contribution in [3.8, 4) is 81.7 Å². The highest BCUT2D eigenvalue weighted by atomic mass is 35.5. The maximum Gasteiger partial charge on any atom is 0.418 e. The Hall–Kier alpha value is -17.4. The van der Waals surface area contributed by atoms with E-state index < -0.39 is 59.4 Å². The summed E-state index contributed by atoms with van der Waals surface area (Å²) in [7, 11) is 0. The molecule has 5 N–H and O–H groups in total. The minimum absolute atomic E-state index is 0.0232.